The van der Waals surface area contributed by atoms with E-state index in [0.29, 0.717) is 31.8 Å². The maximum Gasteiger partial charge on any atom is 0.227 e. The molecule has 2 aliphatic heterocycles. The molecule has 1 unspecified atom stereocenters. The zero-order valence-corrected chi connectivity index (χ0v) is 22.2. The molecule has 1 atom stereocenters. The van der Waals surface area contributed by atoms with Gasteiger partial charge in [0.15, 0.2) is 0 Å². The molecule has 6 bridgehead atoms. The van der Waals surface area contributed by atoms with E-state index in [-0.39, 0.29) is 0 Å². The van der Waals surface area contributed by atoms with Crippen molar-refractivity contribution >= 4 is 17.3 Å². The molecule has 0 radical (unpaired) electrons. The van der Waals surface area contributed by atoms with Gasteiger partial charge in [-0.1, -0.05) is 24.3 Å². The number of nitrogens with zero attached hydrogens (tertiary/aromatic N) is 3. The molecule has 3 N–H and O–H groups in total. The Morgan fingerprint density at radius 3 is 3.03 bits per heavy atom. The summed E-state index contributed by atoms with van der Waals surface area (Å²) in [6.07, 6.45) is 9.27. The normalized spacial score (nSPS) is 18.9. The summed E-state index contributed by atoms with van der Waals surface area (Å²) in [5.41, 5.74) is 4.89. The van der Waals surface area contributed by atoms with Crippen LogP contribution in [0.3, 0.4) is 0 Å². The average molecular weight is 515 g/mol. The van der Waals surface area contributed by atoms with Crippen LogP contribution in [0.2, 0.25) is 0 Å². The minimum atomic E-state index is 0.518. The third kappa shape index (κ3) is 7.54. The van der Waals surface area contributed by atoms with Crippen LogP contribution >= 0.6 is 0 Å². The highest BCUT2D eigenvalue weighted by molar-refractivity contribution is 5.66. The number of fused-ring (bicyclic) bond motifs is 7. The van der Waals surface area contributed by atoms with Crippen molar-refractivity contribution < 1.29 is 9.47 Å². The third-order valence-corrected chi connectivity index (χ3v) is 6.92. The molecular formula is C30H38N6O2. The highest BCUT2D eigenvalue weighted by Gasteiger charge is 2.17. The fourth-order valence-electron chi connectivity index (χ4n) is 4.85. The lowest BCUT2D eigenvalue weighted by Crippen LogP contribution is -2.45. The molecule has 0 spiro atoms. The highest BCUT2D eigenvalue weighted by atomic mass is 16.5. The van der Waals surface area contributed by atoms with E-state index in [0.717, 1.165) is 66.5 Å². The predicted octanol–water partition coefficient (Wildman–Crippen LogP) is 4.84. The standard InChI is InChI=1S/C30H38N6O2/c1-36(27-8-6-11-31-21-27)14-13-32-25-17-23-18-26(20-25)34-30-33-12-10-29(35-30)24-7-5-9-28(19-24)38-16-4-2-3-15-37-22-23/h2-3,5,7,9-10,12,17-20,27,31-32H,4,6,8,11,13-16,21-22H2,1H3,(H,33,34,35)/b3-2+. The van der Waals surface area contributed by atoms with Gasteiger partial charge >= 0.3 is 0 Å². The summed E-state index contributed by atoms with van der Waals surface area (Å²) in [5.74, 6) is 1.38. The van der Waals surface area contributed by atoms with E-state index in [4.69, 9.17) is 14.5 Å². The molecule has 0 aliphatic carbocycles. The number of hydrogen-bond acceptors (Lipinski definition) is 8. The largest absolute Gasteiger partial charge is 0.493 e. The second-order valence-electron chi connectivity index (χ2n) is 9.87. The molecular weight excluding hydrogens is 476 g/mol. The van der Waals surface area contributed by atoms with E-state index in [1.54, 1.807) is 6.20 Å². The molecule has 2 aliphatic rings. The fourth-order valence-corrected chi connectivity index (χ4v) is 4.85. The van der Waals surface area contributed by atoms with Gasteiger partial charge in [0.05, 0.1) is 25.5 Å². The van der Waals surface area contributed by atoms with Crippen LogP contribution in [0.15, 0.2) is 66.9 Å². The number of rotatable bonds is 5. The Kier molecular flexibility index (Phi) is 9.20. The van der Waals surface area contributed by atoms with Gasteiger partial charge in [0, 0.05) is 48.8 Å². The molecule has 8 nitrogen and oxygen atoms in total. The Bertz CT molecular complexity index is 1210. The molecule has 0 amide bonds. The SMILES string of the molecule is CN(CCNc1cc2cc(c1)Nc1nccc(n1)-c1cccc(c1)OCC/C=C/COC2)C1CCCNC1. The van der Waals surface area contributed by atoms with Crippen LogP contribution in [0.1, 0.15) is 24.8 Å². The van der Waals surface area contributed by atoms with Crippen LogP contribution in [-0.2, 0) is 11.3 Å². The second-order valence-corrected chi connectivity index (χ2v) is 9.87. The van der Waals surface area contributed by atoms with Crippen molar-refractivity contribution in [3.63, 3.8) is 0 Å². The van der Waals surface area contributed by atoms with Gasteiger partial charge in [0.25, 0.3) is 0 Å². The summed E-state index contributed by atoms with van der Waals surface area (Å²) < 4.78 is 11.9. The first-order chi connectivity index (χ1) is 18.7. The summed E-state index contributed by atoms with van der Waals surface area (Å²) >= 11 is 0. The van der Waals surface area contributed by atoms with E-state index in [9.17, 15) is 0 Å². The number of ether oxygens (including phenoxy) is 2. The van der Waals surface area contributed by atoms with Crippen molar-refractivity contribution in [2.75, 3.05) is 57.1 Å². The second kappa shape index (κ2) is 13.4. The van der Waals surface area contributed by atoms with Gasteiger partial charge in [0.1, 0.15) is 5.75 Å². The number of aromatic nitrogens is 2. The van der Waals surface area contributed by atoms with Crippen LogP contribution in [0, 0.1) is 0 Å². The average Bonchev–Trinajstić information content (AvgIpc) is 2.95. The quantitative estimate of drug-likeness (QED) is 0.418. The lowest BCUT2D eigenvalue weighted by molar-refractivity contribution is 0.148. The zero-order chi connectivity index (χ0) is 26.0. The molecule has 8 heteroatoms. The van der Waals surface area contributed by atoms with Gasteiger partial charge in [-0.15, -0.1) is 0 Å². The highest BCUT2D eigenvalue weighted by Crippen LogP contribution is 2.26. The maximum atomic E-state index is 5.94. The summed E-state index contributed by atoms with van der Waals surface area (Å²) in [7, 11) is 2.22. The molecule has 1 aromatic heterocycles. The Morgan fingerprint density at radius 2 is 2.11 bits per heavy atom. The Labute approximate surface area is 225 Å². The van der Waals surface area contributed by atoms with Gasteiger partial charge in [-0.05, 0) is 74.8 Å². The topological polar surface area (TPSA) is 83.6 Å². The first-order valence-corrected chi connectivity index (χ1v) is 13.6. The number of hydrogen-bond donors (Lipinski definition) is 3. The van der Waals surface area contributed by atoms with Crippen molar-refractivity contribution in [3.8, 4) is 17.0 Å². The molecule has 200 valence electrons. The number of piperidine rings is 1. The monoisotopic (exact) mass is 514 g/mol. The molecule has 3 aromatic rings. The smallest absolute Gasteiger partial charge is 0.227 e. The van der Waals surface area contributed by atoms with Crippen molar-refractivity contribution in [2.45, 2.75) is 31.9 Å². The van der Waals surface area contributed by atoms with Gasteiger partial charge in [0.2, 0.25) is 5.95 Å². The molecule has 3 heterocycles. The van der Waals surface area contributed by atoms with E-state index in [1.807, 2.05) is 30.3 Å². The molecule has 1 fully saturated rings. The molecule has 0 saturated carbocycles. The van der Waals surface area contributed by atoms with Crippen molar-refractivity contribution in [1.82, 2.24) is 20.2 Å². The van der Waals surface area contributed by atoms with Crippen LogP contribution in [0.25, 0.3) is 11.3 Å². The number of anilines is 3. The first kappa shape index (κ1) is 26.2. The Balaban J connectivity index is 1.33. The lowest BCUT2D eigenvalue weighted by atomic mass is 10.1. The van der Waals surface area contributed by atoms with E-state index in [1.165, 1.54) is 12.8 Å². The number of likely N-dealkylation sites (N-methyl/N-ethyl adjacent to an activating group) is 1. The van der Waals surface area contributed by atoms with Crippen molar-refractivity contribution in [2.24, 2.45) is 0 Å². The molecule has 38 heavy (non-hydrogen) atoms. The van der Waals surface area contributed by atoms with Crippen LogP contribution in [0.5, 0.6) is 5.75 Å². The molecule has 2 aromatic carbocycles. The van der Waals surface area contributed by atoms with Crippen LogP contribution < -0.4 is 20.7 Å². The minimum absolute atomic E-state index is 0.518. The van der Waals surface area contributed by atoms with Crippen LogP contribution in [0.4, 0.5) is 17.3 Å². The van der Waals surface area contributed by atoms with Gasteiger partial charge in [-0.2, -0.15) is 0 Å². The predicted molar refractivity (Wildman–Crippen MR) is 153 cm³/mol. The van der Waals surface area contributed by atoms with Crippen molar-refractivity contribution in [1.29, 1.82) is 0 Å². The third-order valence-electron chi connectivity index (χ3n) is 6.92. The first-order valence-electron chi connectivity index (χ1n) is 13.6. The Morgan fingerprint density at radius 1 is 1.13 bits per heavy atom. The summed E-state index contributed by atoms with van der Waals surface area (Å²) in [4.78, 5) is 11.7. The van der Waals surface area contributed by atoms with E-state index < -0.39 is 0 Å². The lowest BCUT2D eigenvalue weighted by Gasteiger charge is -2.31. The van der Waals surface area contributed by atoms with Gasteiger partial charge in [-0.3, -0.25) is 0 Å². The van der Waals surface area contributed by atoms with E-state index >= 15 is 0 Å². The fraction of sp³-hybridized carbons (Fsp3) is 0.400. The number of nitrogens with one attached hydrogen (secondary N) is 3. The molecule has 1 saturated heterocycles. The van der Waals surface area contributed by atoms with Crippen LogP contribution in [-0.4, -0.2) is 67.4 Å². The summed E-state index contributed by atoms with van der Waals surface area (Å²) in [5, 5.41) is 10.5. The molecule has 5 rings (SSSR count). The van der Waals surface area contributed by atoms with Gasteiger partial charge < -0.3 is 30.3 Å². The zero-order valence-electron chi connectivity index (χ0n) is 22.2. The van der Waals surface area contributed by atoms with Crippen molar-refractivity contribution in [3.05, 3.63) is 72.4 Å². The summed E-state index contributed by atoms with van der Waals surface area (Å²) in [6.45, 7) is 5.74. The summed E-state index contributed by atoms with van der Waals surface area (Å²) in [6, 6.07) is 16.9. The maximum absolute atomic E-state index is 5.94. The van der Waals surface area contributed by atoms with Gasteiger partial charge in [-0.25, -0.2) is 9.97 Å². The van der Waals surface area contributed by atoms with E-state index in [2.05, 4.69) is 63.2 Å². The number of benzene rings is 2. The Hall–Kier alpha value is -3.46. The minimum Gasteiger partial charge on any atom is -0.493 e.